The van der Waals surface area contributed by atoms with E-state index < -0.39 is 29.2 Å². The Bertz CT molecular complexity index is 1260. The lowest BCUT2D eigenvalue weighted by atomic mass is 9.62. The van der Waals surface area contributed by atoms with Crippen LogP contribution in [-0.2, 0) is 19.7 Å². The standard InChI is InChI=1S/C31H37Cl2FN2O3/c1-30(2,3)17-25-31(21-11-10-19(32)16-23(21)35-29(31)38)26(20-7-5-8-22(33)27(20)34)28(36-25)24(37)9-4-6-18-12-14-39-15-13-18/h5,7-8,10-11,16,18,25-26,28,36H,4,6,9,12-15,17H2,1-3H3,(H,35,38)/t25-,26+,28+,31+/m1/s1. The predicted octanol–water partition coefficient (Wildman–Crippen LogP) is 7.05. The monoisotopic (exact) mass is 574 g/mol. The molecule has 8 heteroatoms. The van der Waals surface area contributed by atoms with Crippen LogP contribution in [0.2, 0.25) is 10.0 Å². The van der Waals surface area contributed by atoms with Crippen molar-refractivity contribution in [1.29, 1.82) is 0 Å². The summed E-state index contributed by atoms with van der Waals surface area (Å²) in [6, 6.07) is 9.03. The molecule has 39 heavy (non-hydrogen) atoms. The molecule has 2 N–H and O–H groups in total. The number of rotatable bonds is 7. The molecule has 4 atom stereocenters. The third kappa shape index (κ3) is 5.38. The maximum Gasteiger partial charge on any atom is 0.237 e. The molecule has 0 bridgehead atoms. The van der Waals surface area contributed by atoms with Gasteiger partial charge in [-0.2, -0.15) is 0 Å². The van der Waals surface area contributed by atoms with Crippen molar-refractivity contribution in [3.8, 4) is 0 Å². The van der Waals surface area contributed by atoms with Gasteiger partial charge in [0, 0.05) is 42.3 Å². The highest BCUT2D eigenvalue weighted by molar-refractivity contribution is 6.31. The first-order valence-electron chi connectivity index (χ1n) is 13.9. The summed E-state index contributed by atoms with van der Waals surface area (Å²) < 4.78 is 21.3. The van der Waals surface area contributed by atoms with Crippen molar-refractivity contribution in [2.24, 2.45) is 11.3 Å². The zero-order valence-corrected chi connectivity index (χ0v) is 24.3. The minimum Gasteiger partial charge on any atom is -0.381 e. The first kappa shape index (κ1) is 28.5. The van der Waals surface area contributed by atoms with E-state index in [-0.39, 0.29) is 27.7 Å². The van der Waals surface area contributed by atoms with Gasteiger partial charge >= 0.3 is 0 Å². The summed E-state index contributed by atoms with van der Waals surface area (Å²) in [5.41, 5.74) is 0.249. The summed E-state index contributed by atoms with van der Waals surface area (Å²) in [6.07, 6.45) is 4.71. The summed E-state index contributed by atoms with van der Waals surface area (Å²) in [4.78, 5) is 28.2. The number of carbonyl (C=O) groups is 2. The summed E-state index contributed by atoms with van der Waals surface area (Å²) in [5, 5.41) is 7.07. The van der Waals surface area contributed by atoms with E-state index in [1.54, 1.807) is 24.3 Å². The van der Waals surface area contributed by atoms with Crippen molar-refractivity contribution in [2.75, 3.05) is 18.5 Å². The second kappa shape index (κ2) is 11.1. The van der Waals surface area contributed by atoms with Crippen LogP contribution in [0.15, 0.2) is 36.4 Å². The number of halogens is 3. The van der Waals surface area contributed by atoms with E-state index in [4.69, 9.17) is 27.9 Å². The van der Waals surface area contributed by atoms with Gasteiger partial charge in [0.05, 0.1) is 11.1 Å². The van der Waals surface area contributed by atoms with E-state index in [9.17, 15) is 9.59 Å². The van der Waals surface area contributed by atoms with Gasteiger partial charge in [-0.25, -0.2) is 4.39 Å². The largest absolute Gasteiger partial charge is 0.381 e. The van der Waals surface area contributed by atoms with E-state index in [1.165, 1.54) is 6.07 Å². The number of hydrogen-bond acceptors (Lipinski definition) is 4. The lowest BCUT2D eigenvalue weighted by Gasteiger charge is -2.37. The number of benzene rings is 2. The van der Waals surface area contributed by atoms with E-state index in [2.05, 4.69) is 31.4 Å². The van der Waals surface area contributed by atoms with Gasteiger partial charge in [-0.05, 0) is 72.8 Å². The van der Waals surface area contributed by atoms with Gasteiger partial charge in [0.1, 0.15) is 17.0 Å². The van der Waals surface area contributed by atoms with E-state index >= 15 is 4.39 Å². The molecule has 0 aliphatic carbocycles. The van der Waals surface area contributed by atoms with Crippen LogP contribution in [0.3, 0.4) is 0 Å². The topological polar surface area (TPSA) is 67.4 Å². The Labute approximate surface area is 240 Å². The van der Waals surface area contributed by atoms with Crippen LogP contribution in [0.5, 0.6) is 0 Å². The van der Waals surface area contributed by atoms with E-state index in [0.717, 1.165) is 44.5 Å². The SMILES string of the molecule is CC(C)(C)C[C@H]1N[C@@H](C(=O)CCCC2CCOCC2)[C@H](c2cccc(Cl)c2F)[C@@]12C(=O)Nc1cc(Cl)ccc12. The van der Waals surface area contributed by atoms with Crippen LogP contribution in [-0.4, -0.2) is 37.0 Å². The van der Waals surface area contributed by atoms with Gasteiger partial charge in [0.2, 0.25) is 5.91 Å². The molecule has 0 unspecified atom stereocenters. The van der Waals surface area contributed by atoms with Crippen molar-refractivity contribution >= 4 is 40.6 Å². The summed E-state index contributed by atoms with van der Waals surface area (Å²) >= 11 is 12.6. The van der Waals surface area contributed by atoms with Gasteiger partial charge in [0.25, 0.3) is 0 Å². The summed E-state index contributed by atoms with van der Waals surface area (Å²) in [5.74, 6) is -1.05. The lowest BCUT2D eigenvalue weighted by Crippen LogP contribution is -2.49. The number of ketones is 1. The van der Waals surface area contributed by atoms with Crippen LogP contribution >= 0.6 is 23.2 Å². The fourth-order valence-corrected chi connectivity index (χ4v) is 7.31. The van der Waals surface area contributed by atoms with Crippen molar-refractivity contribution in [2.45, 2.75) is 82.7 Å². The van der Waals surface area contributed by atoms with Gasteiger partial charge in [0.15, 0.2) is 0 Å². The second-order valence-electron chi connectivity index (χ2n) is 12.5. The zero-order valence-electron chi connectivity index (χ0n) is 22.8. The molecule has 2 saturated heterocycles. The molecule has 5 nitrogen and oxygen atoms in total. The first-order chi connectivity index (χ1) is 18.5. The highest BCUT2D eigenvalue weighted by atomic mass is 35.5. The first-order valence-corrected chi connectivity index (χ1v) is 14.7. The van der Waals surface area contributed by atoms with Crippen LogP contribution < -0.4 is 10.6 Å². The Morgan fingerprint density at radius 2 is 1.90 bits per heavy atom. The van der Waals surface area contributed by atoms with Gasteiger partial charge in [-0.15, -0.1) is 0 Å². The Morgan fingerprint density at radius 1 is 1.15 bits per heavy atom. The molecular weight excluding hydrogens is 538 g/mol. The highest BCUT2D eigenvalue weighted by Gasteiger charge is 2.65. The van der Waals surface area contributed by atoms with Crippen molar-refractivity contribution in [3.63, 3.8) is 0 Å². The molecule has 0 radical (unpaired) electrons. The average Bonchev–Trinajstić information content (AvgIpc) is 3.35. The van der Waals surface area contributed by atoms with Gasteiger partial charge < -0.3 is 15.4 Å². The van der Waals surface area contributed by atoms with Crippen LogP contribution in [0.4, 0.5) is 10.1 Å². The molecule has 0 saturated carbocycles. The minimum absolute atomic E-state index is 0.00238. The third-order valence-corrected chi connectivity index (χ3v) is 9.19. The van der Waals surface area contributed by atoms with Crippen LogP contribution in [0, 0.1) is 17.2 Å². The molecule has 1 spiro atoms. The molecule has 2 aromatic carbocycles. The van der Waals surface area contributed by atoms with Crippen LogP contribution in [0.1, 0.15) is 76.3 Å². The van der Waals surface area contributed by atoms with E-state index in [1.807, 2.05) is 6.07 Å². The Kier molecular flexibility index (Phi) is 8.13. The zero-order chi connectivity index (χ0) is 27.9. The van der Waals surface area contributed by atoms with Crippen molar-refractivity contribution < 1.29 is 18.7 Å². The molecule has 5 rings (SSSR count). The average molecular weight is 576 g/mol. The summed E-state index contributed by atoms with van der Waals surface area (Å²) in [6.45, 7) is 7.87. The number of fused-ring (bicyclic) bond motifs is 2. The number of carbonyl (C=O) groups excluding carboxylic acids is 2. The molecule has 2 aromatic rings. The Morgan fingerprint density at radius 3 is 2.62 bits per heavy atom. The number of hydrogen-bond donors (Lipinski definition) is 2. The normalized spacial score (nSPS) is 27.1. The molecule has 2 fully saturated rings. The third-order valence-electron chi connectivity index (χ3n) is 8.66. The summed E-state index contributed by atoms with van der Waals surface area (Å²) in [7, 11) is 0. The fraction of sp³-hybridized carbons (Fsp3) is 0.548. The van der Waals surface area contributed by atoms with E-state index in [0.29, 0.717) is 29.5 Å². The molecule has 210 valence electrons. The highest BCUT2D eigenvalue weighted by Crippen LogP contribution is 2.57. The fourth-order valence-electron chi connectivity index (χ4n) is 6.96. The van der Waals surface area contributed by atoms with Gasteiger partial charge in [-0.1, -0.05) is 62.2 Å². The maximum atomic E-state index is 15.8. The number of Topliss-reactive ketones (excluding diaryl/α,β-unsaturated/α-hetero) is 1. The number of anilines is 1. The molecule has 3 aliphatic heterocycles. The quantitative estimate of drug-likeness (QED) is 0.372. The Hall–Kier alpha value is -1.99. The Balaban J connectivity index is 1.59. The molecule has 3 aliphatic rings. The molecular formula is C31H37Cl2FN2O3. The van der Waals surface area contributed by atoms with Gasteiger partial charge in [-0.3, -0.25) is 9.59 Å². The lowest BCUT2D eigenvalue weighted by molar-refractivity contribution is -0.122. The number of amides is 1. The maximum absolute atomic E-state index is 15.8. The molecule has 3 heterocycles. The molecule has 1 amide bonds. The number of ether oxygens (including phenoxy) is 1. The predicted molar refractivity (Wildman–Crippen MR) is 153 cm³/mol. The van der Waals surface area contributed by atoms with Crippen molar-refractivity contribution in [1.82, 2.24) is 5.32 Å². The van der Waals surface area contributed by atoms with Crippen LogP contribution in [0.25, 0.3) is 0 Å². The molecule has 0 aromatic heterocycles. The van der Waals surface area contributed by atoms with Crippen molar-refractivity contribution in [3.05, 3.63) is 63.4 Å². The second-order valence-corrected chi connectivity index (χ2v) is 13.4. The smallest absolute Gasteiger partial charge is 0.237 e. The number of nitrogens with one attached hydrogen (secondary N) is 2. The minimum atomic E-state index is -1.21.